The van der Waals surface area contributed by atoms with Gasteiger partial charge in [-0.1, -0.05) is 44.2 Å². The van der Waals surface area contributed by atoms with E-state index in [1.807, 2.05) is 13.8 Å². The molecular formula is C24H19N3O6. The number of Topliss-reactive ketones (excluding diaryl/α,β-unsaturated/α-hetero) is 1. The van der Waals surface area contributed by atoms with Crippen LogP contribution in [-0.2, 0) is 11.3 Å². The zero-order valence-electron chi connectivity index (χ0n) is 17.7. The van der Waals surface area contributed by atoms with E-state index in [1.165, 1.54) is 30.5 Å². The molecule has 0 fully saturated rings. The fourth-order valence-corrected chi connectivity index (χ4v) is 4.58. The summed E-state index contributed by atoms with van der Waals surface area (Å²) in [7, 11) is 0. The first-order chi connectivity index (χ1) is 15.7. The second kappa shape index (κ2) is 6.94. The molecule has 2 N–H and O–H groups in total. The van der Waals surface area contributed by atoms with Gasteiger partial charge in [0.25, 0.3) is 17.4 Å². The van der Waals surface area contributed by atoms with Crippen molar-refractivity contribution in [3.63, 3.8) is 0 Å². The minimum atomic E-state index is -2.38. The zero-order chi connectivity index (χ0) is 23.5. The van der Waals surface area contributed by atoms with Gasteiger partial charge in [0.15, 0.2) is 0 Å². The molecule has 0 bridgehead atoms. The number of nitrogens with zero attached hydrogens (tertiary/aromatic N) is 2. The lowest BCUT2D eigenvalue weighted by atomic mass is 9.82. The number of carbonyl (C=O) groups is 2. The van der Waals surface area contributed by atoms with Gasteiger partial charge >= 0.3 is 0 Å². The highest BCUT2D eigenvalue weighted by molar-refractivity contribution is 6.15. The number of benzene rings is 2. The topological polar surface area (TPSA) is 132 Å². The smallest absolute Gasteiger partial charge is 0.280 e. The van der Waals surface area contributed by atoms with Crippen LogP contribution in [0.4, 0.5) is 5.69 Å². The maximum absolute atomic E-state index is 13.9. The Bertz CT molecular complexity index is 1340. The third-order valence-electron chi connectivity index (χ3n) is 6.21. The summed E-state index contributed by atoms with van der Waals surface area (Å²) >= 11 is 0. The van der Waals surface area contributed by atoms with Crippen LogP contribution in [0.3, 0.4) is 0 Å². The molecule has 33 heavy (non-hydrogen) atoms. The summed E-state index contributed by atoms with van der Waals surface area (Å²) in [6.07, 6.45) is 1.42. The zero-order valence-corrected chi connectivity index (χ0v) is 17.7. The minimum absolute atomic E-state index is 0.0136. The molecule has 166 valence electrons. The fourth-order valence-electron chi connectivity index (χ4n) is 4.58. The number of ketones is 1. The van der Waals surface area contributed by atoms with Gasteiger partial charge in [-0.15, -0.1) is 0 Å². The highest BCUT2D eigenvalue weighted by Gasteiger charge is 2.73. The van der Waals surface area contributed by atoms with Gasteiger partial charge in [0.2, 0.25) is 11.3 Å². The molecule has 2 atom stereocenters. The molecule has 2 unspecified atom stereocenters. The molecule has 2 heterocycles. The van der Waals surface area contributed by atoms with Crippen molar-refractivity contribution in [3.05, 3.63) is 98.9 Å². The van der Waals surface area contributed by atoms with E-state index < -0.39 is 33.6 Å². The van der Waals surface area contributed by atoms with Gasteiger partial charge in [-0.05, 0) is 29.7 Å². The molecule has 0 spiro atoms. The van der Waals surface area contributed by atoms with E-state index in [2.05, 4.69) is 10.3 Å². The molecule has 1 aliphatic heterocycles. The molecular weight excluding hydrogens is 426 g/mol. The Hall–Kier alpha value is -4.11. The van der Waals surface area contributed by atoms with E-state index in [0.29, 0.717) is 0 Å². The molecule has 0 radical (unpaired) electrons. The Morgan fingerprint density at radius 1 is 1.15 bits per heavy atom. The number of nitro benzene ring substituents is 1. The molecule has 2 aromatic carbocycles. The monoisotopic (exact) mass is 445 g/mol. The van der Waals surface area contributed by atoms with Crippen LogP contribution >= 0.6 is 0 Å². The third-order valence-corrected chi connectivity index (χ3v) is 6.21. The standard InChI is InChI=1S/C24H19N3O6/c1-13(2)14-9-10-15-19(12-14)33-24(30)16-6-5-8-18(27(31)32)20(16)21(28)23(15,24)26-22(29)17-7-3-4-11-25-17/h3-13,30H,1-2H3,(H,26,29). The summed E-state index contributed by atoms with van der Waals surface area (Å²) in [4.78, 5) is 42.0. The normalized spacial score (nSPS) is 22.4. The average molecular weight is 445 g/mol. The number of amides is 1. The van der Waals surface area contributed by atoms with Crippen molar-refractivity contribution in [2.45, 2.75) is 31.1 Å². The lowest BCUT2D eigenvalue weighted by Gasteiger charge is -2.34. The van der Waals surface area contributed by atoms with Crippen LogP contribution < -0.4 is 10.1 Å². The van der Waals surface area contributed by atoms with Crippen LogP contribution in [0.25, 0.3) is 0 Å². The maximum atomic E-state index is 13.9. The molecule has 1 aromatic heterocycles. The van der Waals surface area contributed by atoms with Crippen LogP contribution in [0.2, 0.25) is 0 Å². The molecule has 1 aliphatic carbocycles. The van der Waals surface area contributed by atoms with E-state index in [1.54, 1.807) is 30.3 Å². The predicted octanol–water partition coefficient (Wildman–Crippen LogP) is 3.17. The number of carbonyl (C=O) groups excluding carboxylic acids is 2. The van der Waals surface area contributed by atoms with Crippen molar-refractivity contribution in [2.75, 3.05) is 0 Å². The summed E-state index contributed by atoms with van der Waals surface area (Å²) in [6, 6.07) is 13.7. The number of rotatable bonds is 4. The number of ether oxygens (including phenoxy) is 1. The number of hydrogen-bond acceptors (Lipinski definition) is 7. The molecule has 5 rings (SSSR count). The number of hydrogen-bond donors (Lipinski definition) is 2. The SMILES string of the molecule is CC(C)c1ccc2c(c1)OC1(O)c3cccc([N+](=O)[O-])c3C(=O)C21NC(=O)c1ccccn1. The Morgan fingerprint density at radius 3 is 2.61 bits per heavy atom. The van der Waals surface area contributed by atoms with E-state index in [9.17, 15) is 24.8 Å². The number of aliphatic hydroxyl groups is 1. The van der Waals surface area contributed by atoms with Gasteiger partial charge in [-0.25, -0.2) is 0 Å². The van der Waals surface area contributed by atoms with Crippen molar-refractivity contribution < 1.29 is 24.4 Å². The number of nitrogens with one attached hydrogen (secondary N) is 1. The summed E-state index contributed by atoms with van der Waals surface area (Å²) in [6.45, 7) is 3.96. The summed E-state index contributed by atoms with van der Waals surface area (Å²) in [5.41, 5.74) is -1.85. The molecule has 1 amide bonds. The first-order valence-corrected chi connectivity index (χ1v) is 10.3. The Balaban J connectivity index is 1.76. The van der Waals surface area contributed by atoms with Gasteiger partial charge in [0.1, 0.15) is 17.0 Å². The van der Waals surface area contributed by atoms with Gasteiger partial charge in [0.05, 0.1) is 4.92 Å². The van der Waals surface area contributed by atoms with E-state index in [-0.39, 0.29) is 34.1 Å². The predicted molar refractivity (Wildman–Crippen MR) is 116 cm³/mol. The second-order valence-electron chi connectivity index (χ2n) is 8.36. The quantitative estimate of drug-likeness (QED) is 0.466. The Labute approximate surface area is 188 Å². The van der Waals surface area contributed by atoms with Gasteiger partial charge in [-0.2, -0.15) is 0 Å². The van der Waals surface area contributed by atoms with Crippen molar-refractivity contribution in [3.8, 4) is 5.75 Å². The Morgan fingerprint density at radius 2 is 1.94 bits per heavy atom. The first kappa shape index (κ1) is 20.8. The minimum Gasteiger partial charge on any atom is -0.454 e. The summed E-state index contributed by atoms with van der Waals surface area (Å²) in [5, 5.41) is 26.2. The van der Waals surface area contributed by atoms with Crippen molar-refractivity contribution in [1.82, 2.24) is 10.3 Å². The lowest BCUT2D eigenvalue weighted by Crippen LogP contribution is -2.60. The average Bonchev–Trinajstić information content (AvgIpc) is 3.16. The molecule has 9 heteroatoms. The lowest BCUT2D eigenvalue weighted by molar-refractivity contribution is -0.385. The Kier molecular flexibility index (Phi) is 4.37. The van der Waals surface area contributed by atoms with Crippen molar-refractivity contribution >= 4 is 17.4 Å². The molecule has 3 aromatic rings. The van der Waals surface area contributed by atoms with E-state index >= 15 is 0 Å². The highest BCUT2D eigenvalue weighted by Crippen LogP contribution is 2.59. The van der Waals surface area contributed by atoms with Crippen LogP contribution in [0.15, 0.2) is 60.8 Å². The van der Waals surface area contributed by atoms with Crippen LogP contribution in [0, 0.1) is 10.1 Å². The van der Waals surface area contributed by atoms with Gasteiger partial charge in [0, 0.05) is 23.4 Å². The van der Waals surface area contributed by atoms with E-state index in [4.69, 9.17) is 4.74 Å². The number of aromatic nitrogens is 1. The van der Waals surface area contributed by atoms with Crippen LogP contribution in [0.1, 0.15) is 57.3 Å². The van der Waals surface area contributed by atoms with Gasteiger partial charge in [-0.3, -0.25) is 24.7 Å². The number of pyridine rings is 1. The first-order valence-electron chi connectivity index (χ1n) is 10.3. The number of nitro groups is 1. The van der Waals surface area contributed by atoms with E-state index in [0.717, 1.165) is 5.56 Å². The van der Waals surface area contributed by atoms with Crippen molar-refractivity contribution in [1.29, 1.82) is 0 Å². The van der Waals surface area contributed by atoms with Crippen LogP contribution in [0.5, 0.6) is 5.75 Å². The summed E-state index contributed by atoms with van der Waals surface area (Å²) in [5.74, 6) is -3.59. The molecule has 2 aliphatic rings. The summed E-state index contributed by atoms with van der Waals surface area (Å²) < 4.78 is 5.96. The maximum Gasteiger partial charge on any atom is 0.280 e. The molecule has 9 nitrogen and oxygen atoms in total. The number of fused-ring (bicyclic) bond motifs is 5. The largest absolute Gasteiger partial charge is 0.454 e. The fraction of sp³-hybridized carbons (Fsp3) is 0.208. The van der Waals surface area contributed by atoms with Gasteiger partial charge < -0.3 is 15.2 Å². The third kappa shape index (κ3) is 2.66. The second-order valence-corrected chi connectivity index (χ2v) is 8.36. The molecule has 0 saturated carbocycles. The van der Waals surface area contributed by atoms with Crippen LogP contribution in [-0.4, -0.2) is 26.7 Å². The highest BCUT2D eigenvalue weighted by atomic mass is 16.6. The molecule has 0 saturated heterocycles. The van der Waals surface area contributed by atoms with Crippen molar-refractivity contribution in [2.24, 2.45) is 0 Å².